The van der Waals surface area contributed by atoms with Crippen LogP contribution in [0.2, 0.25) is 0 Å². The Bertz CT molecular complexity index is 794. The number of hydrogen-bond acceptors (Lipinski definition) is 3. The highest BCUT2D eigenvalue weighted by Crippen LogP contribution is 2.22. The Labute approximate surface area is 135 Å². The molecule has 1 amide bonds. The Hall–Kier alpha value is -1.72. The van der Waals surface area contributed by atoms with E-state index in [0.717, 1.165) is 20.3 Å². The number of thiophene rings is 1. The van der Waals surface area contributed by atoms with Crippen molar-refractivity contribution in [3.63, 3.8) is 0 Å². The maximum atomic E-state index is 12.7. The Morgan fingerprint density at radius 2 is 2.14 bits per heavy atom. The van der Waals surface area contributed by atoms with Crippen LogP contribution in [0.5, 0.6) is 0 Å². The summed E-state index contributed by atoms with van der Waals surface area (Å²) in [4.78, 5) is 19.8. The molecule has 0 N–H and O–H groups in total. The molecule has 0 fully saturated rings. The van der Waals surface area contributed by atoms with Crippen molar-refractivity contribution in [2.45, 2.75) is 6.54 Å². The van der Waals surface area contributed by atoms with E-state index in [2.05, 4.69) is 20.9 Å². The maximum Gasteiger partial charge on any atom is 0.254 e. The molecule has 3 rings (SSSR count). The molecule has 21 heavy (non-hydrogen) atoms. The summed E-state index contributed by atoms with van der Waals surface area (Å²) in [6, 6.07) is 11.5. The highest BCUT2D eigenvalue weighted by atomic mass is 79.9. The molecule has 3 aromatic rings. The van der Waals surface area contributed by atoms with Crippen molar-refractivity contribution < 1.29 is 4.79 Å². The number of carbonyl (C=O) groups excluding carboxylic acids is 1. The maximum absolute atomic E-state index is 12.7. The molecule has 0 aliphatic heterocycles. The molecule has 106 valence electrons. The molecule has 2 heterocycles. The minimum absolute atomic E-state index is 0.0122. The van der Waals surface area contributed by atoms with Gasteiger partial charge in [-0.2, -0.15) is 0 Å². The number of hydrogen-bond donors (Lipinski definition) is 0. The number of halogens is 1. The monoisotopic (exact) mass is 360 g/mol. The molecule has 0 atom stereocenters. The first kappa shape index (κ1) is 14.2. The van der Waals surface area contributed by atoms with E-state index in [9.17, 15) is 4.79 Å². The second-order valence-corrected chi connectivity index (χ2v) is 6.68. The zero-order valence-corrected chi connectivity index (χ0v) is 13.8. The van der Waals surface area contributed by atoms with Crippen molar-refractivity contribution in [3.05, 3.63) is 62.9 Å². The van der Waals surface area contributed by atoms with Gasteiger partial charge in [0.1, 0.15) is 0 Å². The van der Waals surface area contributed by atoms with Gasteiger partial charge in [-0.25, -0.2) is 0 Å². The van der Waals surface area contributed by atoms with Crippen LogP contribution >= 0.6 is 27.3 Å². The third-order valence-corrected chi connectivity index (χ3v) is 4.92. The quantitative estimate of drug-likeness (QED) is 0.696. The van der Waals surface area contributed by atoms with E-state index in [4.69, 9.17) is 0 Å². The van der Waals surface area contributed by atoms with Gasteiger partial charge < -0.3 is 4.90 Å². The molecule has 0 radical (unpaired) electrons. The van der Waals surface area contributed by atoms with Crippen LogP contribution < -0.4 is 0 Å². The zero-order chi connectivity index (χ0) is 14.8. The van der Waals surface area contributed by atoms with E-state index in [1.807, 2.05) is 42.8 Å². The van der Waals surface area contributed by atoms with Crippen LogP contribution in [0, 0.1) is 0 Å². The van der Waals surface area contributed by atoms with Gasteiger partial charge in [0.25, 0.3) is 5.91 Å². The first-order chi connectivity index (χ1) is 10.1. The number of pyridine rings is 1. The number of amides is 1. The van der Waals surface area contributed by atoms with Crippen LogP contribution in [-0.2, 0) is 6.54 Å². The van der Waals surface area contributed by atoms with Gasteiger partial charge in [0.15, 0.2) is 0 Å². The lowest BCUT2D eigenvalue weighted by Crippen LogP contribution is -2.26. The van der Waals surface area contributed by atoms with Gasteiger partial charge in [0, 0.05) is 33.4 Å². The predicted molar refractivity (Wildman–Crippen MR) is 89.6 cm³/mol. The van der Waals surface area contributed by atoms with E-state index in [1.54, 1.807) is 28.5 Å². The van der Waals surface area contributed by atoms with Gasteiger partial charge in [-0.1, -0.05) is 18.2 Å². The Morgan fingerprint density at radius 1 is 1.33 bits per heavy atom. The lowest BCUT2D eigenvalue weighted by molar-refractivity contribution is 0.0788. The van der Waals surface area contributed by atoms with E-state index < -0.39 is 0 Å². The van der Waals surface area contributed by atoms with Gasteiger partial charge >= 0.3 is 0 Å². The summed E-state index contributed by atoms with van der Waals surface area (Å²) in [6.07, 6.45) is 1.69. The fraction of sp³-hybridized carbons (Fsp3) is 0.125. The molecule has 0 aliphatic rings. The van der Waals surface area contributed by atoms with Gasteiger partial charge in [-0.05, 0) is 34.1 Å². The van der Waals surface area contributed by atoms with Crippen molar-refractivity contribution in [2.75, 3.05) is 7.05 Å². The SMILES string of the molecule is CN(Cc1cc(Br)cs1)C(=O)c1ccnc2ccccc12. The summed E-state index contributed by atoms with van der Waals surface area (Å²) in [7, 11) is 1.82. The number of carbonyl (C=O) groups is 1. The Balaban J connectivity index is 1.89. The summed E-state index contributed by atoms with van der Waals surface area (Å²) in [5, 5.41) is 2.92. The summed E-state index contributed by atoms with van der Waals surface area (Å²) in [5.74, 6) is 0.0122. The van der Waals surface area contributed by atoms with Gasteiger partial charge in [0.2, 0.25) is 0 Å². The Morgan fingerprint density at radius 3 is 2.90 bits per heavy atom. The minimum Gasteiger partial charge on any atom is -0.337 e. The molecule has 0 saturated heterocycles. The van der Waals surface area contributed by atoms with Gasteiger partial charge in [-0.3, -0.25) is 9.78 Å². The van der Waals surface area contributed by atoms with Crippen LogP contribution in [0.3, 0.4) is 0 Å². The lowest BCUT2D eigenvalue weighted by atomic mass is 10.1. The molecule has 0 saturated carbocycles. The van der Waals surface area contributed by atoms with Crippen molar-refractivity contribution in [3.8, 4) is 0 Å². The summed E-state index contributed by atoms with van der Waals surface area (Å²) in [5.41, 5.74) is 1.54. The van der Waals surface area contributed by atoms with E-state index in [0.29, 0.717) is 12.1 Å². The fourth-order valence-corrected chi connectivity index (χ4v) is 3.73. The predicted octanol–water partition coefficient (Wildman–Crippen LogP) is 4.33. The molecular formula is C16H13BrN2OS. The standard InChI is InChI=1S/C16H13BrN2OS/c1-19(9-12-8-11(17)10-21-12)16(20)14-6-7-18-15-5-3-2-4-13(14)15/h2-8,10H,9H2,1H3. The van der Waals surface area contributed by atoms with Crippen LogP contribution in [0.25, 0.3) is 10.9 Å². The van der Waals surface area contributed by atoms with Crippen molar-refractivity contribution in [1.82, 2.24) is 9.88 Å². The van der Waals surface area contributed by atoms with Crippen molar-refractivity contribution >= 4 is 44.1 Å². The smallest absolute Gasteiger partial charge is 0.254 e. The molecule has 5 heteroatoms. The first-order valence-electron chi connectivity index (χ1n) is 6.47. The first-order valence-corrected chi connectivity index (χ1v) is 8.14. The molecular weight excluding hydrogens is 348 g/mol. The number of fused-ring (bicyclic) bond motifs is 1. The molecule has 0 unspecified atom stereocenters. The van der Waals surface area contributed by atoms with E-state index in [-0.39, 0.29) is 5.91 Å². The molecule has 1 aromatic carbocycles. The Kier molecular flexibility index (Phi) is 4.03. The average molecular weight is 361 g/mol. The zero-order valence-electron chi connectivity index (χ0n) is 11.4. The van der Waals surface area contributed by atoms with Crippen molar-refractivity contribution in [2.24, 2.45) is 0 Å². The number of aromatic nitrogens is 1. The summed E-state index contributed by atoms with van der Waals surface area (Å²) >= 11 is 5.08. The molecule has 3 nitrogen and oxygen atoms in total. The second-order valence-electron chi connectivity index (χ2n) is 4.77. The van der Waals surface area contributed by atoms with Crippen LogP contribution in [-0.4, -0.2) is 22.8 Å². The molecule has 0 bridgehead atoms. The topological polar surface area (TPSA) is 33.2 Å². The van der Waals surface area contributed by atoms with Gasteiger partial charge in [-0.15, -0.1) is 11.3 Å². The molecule has 2 aromatic heterocycles. The second kappa shape index (κ2) is 5.95. The van der Waals surface area contributed by atoms with Crippen molar-refractivity contribution in [1.29, 1.82) is 0 Å². The van der Waals surface area contributed by atoms with Crippen LogP contribution in [0.4, 0.5) is 0 Å². The number of rotatable bonds is 3. The van der Waals surface area contributed by atoms with E-state index >= 15 is 0 Å². The average Bonchev–Trinajstić information content (AvgIpc) is 2.91. The molecule has 0 aliphatic carbocycles. The molecule has 0 spiro atoms. The highest BCUT2D eigenvalue weighted by molar-refractivity contribution is 9.10. The van der Waals surface area contributed by atoms with E-state index in [1.165, 1.54) is 0 Å². The largest absolute Gasteiger partial charge is 0.337 e. The highest BCUT2D eigenvalue weighted by Gasteiger charge is 2.15. The normalized spacial score (nSPS) is 10.8. The third-order valence-electron chi connectivity index (χ3n) is 3.24. The van der Waals surface area contributed by atoms with Gasteiger partial charge in [0.05, 0.1) is 17.6 Å². The number of para-hydroxylation sites is 1. The summed E-state index contributed by atoms with van der Waals surface area (Å²) in [6.45, 7) is 0.603. The number of nitrogens with zero attached hydrogens (tertiary/aromatic N) is 2. The van der Waals surface area contributed by atoms with Crippen LogP contribution in [0.1, 0.15) is 15.2 Å². The number of benzene rings is 1. The minimum atomic E-state index is 0.0122. The lowest BCUT2D eigenvalue weighted by Gasteiger charge is -2.17. The summed E-state index contributed by atoms with van der Waals surface area (Å²) < 4.78 is 1.05. The van der Waals surface area contributed by atoms with Crippen LogP contribution in [0.15, 0.2) is 52.4 Å². The fourth-order valence-electron chi connectivity index (χ4n) is 2.23. The third kappa shape index (κ3) is 2.99.